The zero-order valence-electron chi connectivity index (χ0n) is 19.7. The van der Waals surface area contributed by atoms with Crippen molar-refractivity contribution in [3.8, 4) is 11.5 Å². The molecular weight excluding hydrogens is 406 g/mol. The van der Waals surface area contributed by atoms with Gasteiger partial charge >= 0.3 is 0 Å². The Morgan fingerprint density at radius 1 is 0.969 bits per heavy atom. The van der Waals surface area contributed by atoms with Crippen LogP contribution in [0, 0.1) is 35.3 Å². The lowest BCUT2D eigenvalue weighted by Crippen LogP contribution is -2.35. The third-order valence-electron chi connectivity index (χ3n) is 8.31. The van der Waals surface area contributed by atoms with Crippen molar-refractivity contribution in [2.45, 2.75) is 96.5 Å². The molecule has 0 aromatic heterocycles. The van der Waals surface area contributed by atoms with Crippen LogP contribution >= 0.6 is 0 Å². The van der Waals surface area contributed by atoms with Crippen molar-refractivity contribution in [1.29, 1.82) is 0 Å². The smallest absolute Gasteiger partial charge is 0.204 e. The molecule has 3 aliphatic rings. The van der Waals surface area contributed by atoms with E-state index in [-0.39, 0.29) is 17.6 Å². The van der Waals surface area contributed by atoms with Gasteiger partial charge in [-0.1, -0.05) is 25.8 Å². The van der Waals surface area contributed by atoms with Crippen LogP contribution in [0.4, 0.5) is 8.78 Å². The molecule has 0 bridgehead atoms. The van der Waals surface area contributed by atoms with Crippen LogP contribution in [0.25, 0.3) is 0 Å². The van der Waals surface area contributed by atoms with Gasteiger partial charge in [-0.3, -0.25) is 0 Å². The summed E-state index contributed by atoms with van der Waals surface area (Å²) < 4.78 is 40.7. The van der Waals surface area contributed by atoms with Crippen LogP contribution in [0.15, 0.2) is 18.7 Å². The van der Waals surface area contributed by atoms with Crippen molar-refractivity contribution < 1.29 is 18.3 Å². The number of halogens is 2. The van der Waals surface area contributed by atoms with Gasteiger partial charge < -0.3 is 9.47 Å². The maximum Gasteiger partial charge on any atom is 0.204 e. The highest BCUT2D eigenvalue weighted by Crippen LogP contribution is 2.45. The second-order valence-corrected chi connectivity index (χ2v) is 10.4. The molecule has 2 aliphatic carbocycles. The first kappa shape index (κ1) is 23.6. The summed E-state index contributed by atoms with van der Waals surface area (Å²) in [4.78, 5) is 0. The van der Waals surface area contributed by atoms with E-state index < -0.39 is 11.6 Å². The second kappa shape index (κ2) is 11.0. The fourth-order valence-electron chi connectivity index (χ4n) is 6.40. The fraction of sp³-hybridized carbons (Fsp3) is 0.714. The number of hydrogen-bond donors (Lipinski definition) is 0. The molecule has 0 saturated heterocycles. The maximum absolute atomic E-state index is 14.7. The highest BCUT2D eigenvalue weighted by molar-refractivity contribution is 5.44. The Hall–Kier alpha value is -1.58. The molecule has 4 rings (SSSR count). The molecule has 0 spiro atoms. The lowest BCUT2D eigenvalue weighted by Gasteiger charge is -2.40. The summed E-state index contributed by atoms with van der Waals surface area (Å²) in [7, 11) is 0. The molecule has 1 unspecified atom stereocenters. The molecule has 4 heteroatoms. The van der Waals surface area contributed by atoms with E-state index in [1.54, 1.807) is 6.07 Å². The van der Waals surface area contributed by atoms with Gasteiger partial charge in [-0.25, -0.2) is 0 Å². The van der Waals surface area contributed by atoms with Gasteiger partial charge in [-0.05, 0) is 100 Å². The van der Waals surface area contributed by atoms with E-state index in [2.05, 4.69) is 12.7 Å². The second-order valence-electron chi connectivity index (χ2n) is 10.4. The van der Waals surface area contributed by atoms with Gasteiger partial charge in [-0.15, -0.1) is 6.58 Å². The Bertz CT molecular complexity index is 761. The summed E-state index contributed by atoms with van der Waals surface area (Å²) in [5.41, 5.74) is 0.744. The lowest BCUT2D eigenvalue weighted by molar-refractivity contribution is 0.0561. The van der Waals surface area contributed by atoms with E-state index in [0.29, 0.717) is 12.5 Å². The predicted molar refractivity (Wildman–Crippen MR) is 125 cm³/mol. The van der Waals surface area contributed by atoms with Crippen molar-refractivity contribution >= 4 is 0 Å². The number of benzene rings is 1. The highest BCUT2D eigenvalue weighted by Gasteiger charge is 2.36. The Kier molecular flexibility index (Phi) is 8.12. The molecule has 32 heavy (non-hydrogen) atoms. The van der Waals surface area contributed by atoms with Crippen LogP contribution in [0.3, 0.4) is 0 Å². The number of ether oxygens (including phenoxy) is 2. The van der Waals surface area contributed by atoms with Gasteiger partial charge in [-0.2, -0.15) is 8.78 Å². The number of aryl methyl sites for hydroxylation is 1. The lowest BCUT2D eigenvalue weighted by atomic mass is 9.67. The molecule has 0 N–H and O–H groups in total. The van der Waals surface area contributed by atoms with Gasteiger partial charge in [0.25, 0.3) is 0 Å². The Labute approximate surface area is 192 Å². The van der Waals surface area contributed by atoms with Gasteiger partial charge in [0, 0.05) is 5.56 Å². The van der Waals surface area contributed by atoms with E-state index in [1.807, 2.05) is 6.92 Å². The van der Waals surface area contributed by atoms with E-state index >= 15 is 0 Å². The van der Waals surface area contributed by atoms with E-state index in [9.17, 15) is 8.78 Å². The van der Waals surface area contributed by atoms with Crippen LogP contribution in [-0.2, 0) is 6.42 Å². The van der Waals surface area contributed by atoms with Crippen LogP contribution in [0.1, 0.15) is 89.5 Å². The molecule has 0 amide bonds. The molecule has 0 radical (unpaired) electrons. The Balaban J connectivity index is 1.29. The van der Waals surface area contributed by atoms with Crippen molar-refractivity contribution in [2.75, 3.05) is 6.61 Å². The third-order valence-corrected chi connectivity index (χ3v) is 8.31. The first-order valence-corrected chi connectivity index (χ1v) is 13.0. The highest BCUT2D eigenvalue weighted by atomic mass is 19.2. The molecule has 2 fully saturated rings. The quantitative estimate of drug-likeness (QED) is 0.376. The van der Waals surface area contributed by atoms with Gasteiger partial charge in [0.1, 0.15) is 6.10 Å². The molecular formula is C28H40F2O2. The maximum atomic E-state index is 14.7. The van der Waals surface area contributed by atoms with Gasteiger partial charge in [0.2, 0.25) is 11.6 Å². The van der Waals surface area contributed by atoms with Crippen molar-refractivity contribution in [2.24, 2.45) is 23.7 Å². The number of rotatable bonds is 8. The minimum atomic E-state index is -0.912. The average molecular weight is 447 g/mol. The Morgan fingerprint density at radius 2 is 1.62 bits per heavy atom. The number of fused-ring (bicyclic) bond motifs is 1. The molecule has 1 aromatic carbocycles. The van der Waals surface area contributed by atoms with Gasteiger partial charge in [0.15, 0.2) is 11.5 Å². The fourth-order valence-corrected chi connectivity index (χ4v) is 6.40. The average Bonchev–Trinajstić information content (AvgIpc) is 2.84. The van der Waals surface area contributed by atoms with Crippen molar-refractivity contribution in [3.05, 3.63) is 35.9 Å². The first-order chi connectivity index (χ1) is 15.6. The summed E-state index contributed by atoms with van der Waals surface area (Å²) in [6.07, 6.45) is 17.3. The molecule has 1 aliphatic heterocycles. The summed E-state index contributed by atoms with van der Waals surface area (Å²) >= 11 is 0. The molecule has 1 heterocycles. The van der Waals surface area contributed by atoms with Crippen molar-refractivity contribution in [3.63, 3.8) is 0 Å². The normalized spacial score (nSPS) is 30.3. The summed E-state index contributed by atoms with van der Waals surface area (Å²) in [6, 6.07) is 1.64. The van der Waals surface area contributed by atoms with Crippen LogP contribution in [0.5, 0.6) is 11.5 Å². The molecule has 2 saturated carbocycles. The number of allylic oxidation sites excluding steroid dienone is 1. The summed E-state index contributed by atoms with van der Waals surface area (Å²) in [5.74, 6) is 1.45. The van der Waals surface area contributed by atoms with Crippen molar-refractivity contribution in [1.82, 2.24) is 0 Å². The van der Waals surface area contributed by atoms with Crippen LogP contribution in [0.2, 0.25) is 0 Å². The molecule has 1 aromatic rings. The zero-order chi connectivity index (χ0) is 22.5. The standard InChI is InChI=1S/C28H40F2O2/c1-3-5-6-19-7-9-20(10-8-19)21-11-13-22(14-12-21)24-16-15-23-18-25(31-17-4-2)26(29)27(30)28(23)32-24/h3,18-22,24H,1,4-17H2,2H3. The SMILES string of the molecule is C=CCCC1CCC(C2CCC(C3CCc4cc(OCCC)c(F)c(F)c4O3)CC2)CC1. The number of hydrogen-bond acceptors (Lipinski definition) is 2. The zero-order valence-corrected chi connectivity index (χ0v) is 19.7. The molecule has 2 nitrogen and oxygen atoms in total. The minimum Gasteiger partial charge on any atom is -0.490 e. The van der Waals surface area contributed by atoms with Crippen LogP contribution < -0.4 is 9.47 Å². The monoisotopic (exact) mass is 446 g/mol. The summed E-state index contributed by atoms with van der Waals surface area (Å²) in [5, 5.41) is 0. The van der Waals surface area contributed by atoms with E-state index in [0.717, 1.165) is 61.8 Å². The van der Waals surface area contributed by atoms with E-state index in [4.69, 9.17) is 9.47 Å². The predicted octanol–water partition coefficient (Wildman–Crippen LogP) is 8.03. The van der Waals surface area contributed by atoms with Gasteiger partial charge in [0.05, 0.1) is 6.61 Å². The largest absolute Gasteiger partial charge is 0.490 e. The first-order valence-electron chi connectivity index (χ1n) is 13.0. The summed E-state index contributed by atoms with van der Waals surface area (Å²) in [6.45, 7) is 6.20. The third kappa shape index (κ3) is 5.31. The minimum absolute atomic E-state index is 0.00870. The topological polar surface area (TPSA) is 18.5 Å². The molecule has 178 valence electrons. The Morgan fingerprint density at radius 3 is 2.28 bits per heavy atom. The van der Waals surface area contributed by atoms with E-state index in [1.165, 1.54) is 44.9 Å². The van der Waals surface area contributed by atoms with Crippen LogP contribution in [-0.4, -0.2) is 12.7 Å². The molecule has 1 atom stereocenters.